The molecule has 166 valence electrons. The Morgan fingerprint density at radius 2 is 1.65 bits per heavy atom. The van der Waals surface area contributed by atoms with Gasteiger partial charge in [-0.3, -0.25) is 9.59 Å². The van der Waals surface area contributed by atoms with E-state index in [0.717, 1.165) is 32.1 Å². The van der Waals surface area contributed by atoms with Gasteiger partial charge in [-0.1, -0.05) is 12.8 Å². The third-order valence-electron chi connectivity index (χ3n) is 5.87. The minimum Gasteiger partial charge on any atom is -0.459 e. The molecule has 1 aromatic carbocycles. The molecule has 1 aromatic heterocycles. The van der Waals surface area contributed by atoms with Crippen molar-refractivity contribution in [1.29, 1.82) is 0 Å². The molecule has 0 aliphatic carbocycles. The molecular formula is C22H27N3O5S. The average Bonchev–Trinajstić information content (AvgIpc) is 3.41. The normalized spacial score (nSPS) is 20.4. The molecule has 0 spiro atoms. The fraction of sp³-hybridized carbons (Fsp3) is 0.455. The second-order valence-electron chi connectivity index (χ2n) is 7.97. The number of sulfonamides is 1. The lowest BCUT2D eigenvalue weighted by molar-refractivity contribution is -0.119. The van der Waals surface area contributed by atoms with E-state index >= 15 is 0 Å². The average molecular weight is 446 g/mol. The fourth-order valence-electron chi connectivity index (χ4n) is 4.19. The van der Waals surface area contributed by atoms with Crippen molar-refractivity contribution in [2.75, 3.05) is 25.0 Å². The molecule has 2 amide bonds. The predicted molar refractivity (Wildman–Crippen MR) is 115 cm³/mol. The molecular weight excluding hydrogens is 418 g/mol. The number of amides is 2. The van der Waals surface area contributed by atoms with E-state index in [1.165, 1.54) is 23.3 Å². The highest BCUT2D eigenvalue weighted by molar-refractivity contribution is 7.89. The molecule has 1 atom stereocenters. The van der Waals surface area contributed by atoms with E-state index in [9.17, 15) is 18.0 Å². The number of benzene rings is 1. The largest absolute Gasteiger partial charge is 0.459 e. The van der Waals surface area contributed by atoms with Crippen molar-refractivity contribution in [3.63, 3.8) is 0 Å². The number of nitrogens with one attached hydrogen (secondary N) is 1. The summed E-state index contributed by atoms with van der Waals surface area (Å²) in [6.45, 7) is 1.58. The first-order valence-electron chi connectivity index (χ1n) is 10.7. The van der Waals surface area contributed by atoms with Crippen molar-refractivity contribution in [1.82, 2.24) is 9.21 Å². The molecule has 1 unspecified atom stereocenters. The van der Waals surface area contributed by atoms with Gasteiger partial charge in [-0.25, -0.2) is 8.42 Å². The fourth-order valence-corrected chi connectivity index (χ4v) is 5.71. The molecule has 2 aromatic rings. The van der Waals surface area contributed by atoms with Gasteiger partial charge in [0.2, 0.25) is 15.9 Å². The highest BCUT2D eigenvalue weighted by Crippen LogP contribution is 2.24. The SMILES string of the molecule is O=C(Nc1ccc(S(=O)(=O)N2CCCCCC2)cc1)C1CCCN1C(=O)c1ccco1. The third kappa shape index (κ3) is 4.67. The van der Waals surface area contributed by atoms with Gasteiger partial charge in [0.05, 0.1) is 11.2 Å². The smallest absolute Gasteiger partial charge is 0.290 e. The van der Waals surface area contributed by atoms with E-state index in [0.29, 0.717) is 31.7 Å². The Morgan fingerprint density at radius 3 is 2.29 bits per heavy atom. The predicted octanol–water partition coefficient (Wildman–Crippen LogP) is 3.09. The van der Waals surface area contributed by atoms with Crippen molar-refractivity contribution >= 4 is 27.5 Å². The Morgan fingerprint density at radius 1 is 0.935 bits per heavy atom. The molecule has 1 N–H and O–H groups in total. The van der Waals surface area contributed by atoms with Crippen LogP contribution in [-0.4, -0.2) is 55.1 Å². The monoisotopic (exact) mass is 445 g/mol. The Labute approximate surface area is 182 Å². The van der Waals surface area contributed by atoms with E-state index in [4.69, 9.17) is 4.42 Å². The van der Waals surface area contributed by atoms with Crippen LogP contribution in [-0.2, 0) is 14.8 Å². The second kappa shape index (κ2) is 9.23. The van der Waals surface area contributed by atoms with Crippen LogP contribution >= 0.6 is 0 Å². The molecule has 0 saturated carbocycles. The summed E-state index contributed by atoms with van der Waals surface area (Å²) in [6.07, 6.45) is 6.59. The van der Waals surface area contributed by atoms with E-state index < -0.39 is 16.1 Å². The lowest BCUT2D eigenvalue weighted by Crippen LogP contribution is -2.43. The van der Waals surface area contributed by atoms with E-state index in [2.05, 4.69) is 5.32 Å². The molecule has 2 aliphatic rings. The van der Waals surface area contributed by atoms with Crippen LogP contribution < -0.4 is 5.32 Å². The minimum absolute atomic E-state index is 0.211. The summed E-state index contributed by atoms with van der Waals surface area (Å²) in [4.78, 5) is 27.1. The maximum Gasteiger partial charge on any atom is 0.290 e. The maximum absolute atomic E-state index is 12.9. The van der Waals surface area contributed by atoms with Gasteiger partial charge in [-0.2, -0.15) is 4.31 Å². The number of carbonyl (C=O) groups is 2. The first kappa shape index (κ1) is 21.6. The van der Waals surface area contributed by atoms with Crippen LogP contribution in [0.25, 0.3) is 0 Å². The van der Waals surface area contributed by atoms with Crippen molar-refractivity contribution in [3.05, 3.63) is 48.4 Å². The summed E-state index contributed by atoms with van der Waals surface area (Å²) in [7, 11) is -3.53. The minimum atomic E-state index is -3.53. The molecule has 0 bridgehead atoms. The zero-order chi connectivity index (χ0) is 21.8. The summed E-state index contributed by atoms with van der Waals surface area (Å²) in [5.74, 6) is -0.384. The second-order valence-corrected chi connectivity index (χ2v) is 9.90. The zero-order valence-corrected chi connectivity index (χ0v) is 18.1. The first-order valence-corrected chi connectivity index (χ1v) is 12.2. The molecule has 9 heteroatoms. The molecule has 0 radical (unpaired) electrons. The summed E-state index contributed by atoms with van der Waals surface area (Å²) >= 11 is 0. The van der Waals surface area contributed by atoms with E-state index in [-0.39, 0.29) is 22.5 Å². The molecule has 2 aliphatic heterocycles. The molecule has 4 rings (SSSR count). The Bertz CT molecular complexity index is 1010. The number of hydrogen-bond acceptors (Lipinski definition) is 5. The molecule has 31 heavy (non-hydrogen) atoms. The number of furan rings is 1. The van der Waals surface area contributed by atoms with Crippen LogP contribution in [0.3, 0.4) is 0 Å². The van der Waals surface area contributed by atoms with Crippen LogP contribution in [0.15, 0.2) is 52.0 Å². The van der Waals surface area contributed by atoms with Crippen LogP contribution in [0.1, 0.15) is 49.1 Å². The highest BCUT2D eigenvalue weighted by Gasteiger charge is 2.35. The first-order chi connectivity index (χ1) is 15.0. The summed E-state index contributed by atoms with van der Waals surface area (Å²) < 4.78 is 32.5. The Kier molecular flexibility index (Phi) is 6.43. The summed E-state index contributed by atoms with van der Waals surface area (Å²) in [6, 6.07) is 8.87. The summed E-state index contributed by atoms with van der Waals surface area (Å²) in [5, 5.41) is 2.81. The van der Waals surface area contributed by atoms with Gasteiger partial charge in [0.1, 0.15) is 6.04 Å². The summed E-state index contributed by atoms with van der Waals surface area (Å²) in [5.41, 5.74) is 0.497. The van der Waals surface area contributed by atoms with Gasteiger partial charge in [0, 0.05) is 25.3 Å². The quantitative estimate of drug-likeness (QED) is 0.762. The standard InChI is InChI=1S/C22H27N3O5S/c26-21(19-7-5-15-25(19)22(27)20-8-6-16-30-20)23-17-9-11-18(12-10-17)31(28,29)24-13-3-1-2-4-14-24/h6,8-12,16,19H,1-5,7,13-15H2,(H,23,26). The van der Waals surface area contributed by atoms with Crippen LogP contribution in [0.4, 0.5) is 5.69 Å². The number of carbonyl (C=O) groups excluding carboxylic acids is 2. The van der Waals surface area contributed by atoms with Gasteiger partial charge < -0.3 is 14.6 Å². The van der Waals surface area contributed by atoms with Gasteiger partial charge in [0.25, 0.3) is 5.91 Å². The number of likely N-dealkylation sites (tertiary alicyclic amines) is 1. The lowest BCUT2D eigenvalue weighted by Gasteiger charge is -2.23. The highest BCUT2D eigenvalue weighted by atomic mass is 32.2. The Balaban J connectivity index is 1.42. The zero-order valence-electron chi connectivity index (χ0n) is 17.3. The number of hydrogen-bond donors (Lipinski definition) is 1. The lowest BCUT2D eigenvalue weighted by atomic mass is 10.2. The van der Waals surface area contributed by atoms with E-state index in [1.807, 2.05) is 0 Å². The van der Waals surface area contributed by atoms with E-state index in [1.54, 1.807) is 28.6 Å². The van der Waals surface area contributed by atoms with Crippen molar-refractivity contribution < 1.29 is 22.4 Å². The topological polar surface area (TPSA) is 99.9 Å². The Hall–Kier alpha value is -2.65. The molecule has 8 nitrogen and oxygen atoms in total. The molecule has 2 saturated heterocycles. The number of anilines is 1. The number of nitrogens with zero attached hydrogens (tertiary/aromatic N) is 2. The van der Waals surface area contributed by atoms with Gasteiger partial charge >= 0.3 is 0 Å². The van der Waals surface area contributed by atoms with Crippen LogP contribution in [0, 0.1) is 0 Å². The van der Waals surface area contributed by atoms with Crippen molar-refractivity contribution in [2.45, 2.75) is 49.5 Å². The van der Waals surface area contributed by atoms with Crippen molar-refractivity contribution in [2.24, 2.45) is 0 Å². The third-order valence-corrected chi connectivity index (χ3v) is 7.79. The maximum atomic E-state index is 12.9. The number of rotatable bonds is 5. The van der Waals surface area contributed by atoms with Gasteiger partial charge in [-0.05, 0) is 62.1 Å². The molecule has 2 fully saturated rings. The van der Waals surface area contributed by atoms with Gasteiger partial charge in [0.15, 0.2) is 5.76 Å². The molecule has 3 heterocycles. The van der Waals surface area contributed by atoms with Crippen molar-refractivity contribution in [3.8, 4) is 0 Å². The van der Waals surface area contributed by atoms with Crippen LogP contribution in [0.5, 0.6) is 0 Å². The van der Waals surface area contributed by atoms with Crippen LogP contribution in [0.2, 0.25) is 0 Å². The van der Waals surface area contributed by atoms with Gasteiger partial charge in [-0.15, -0.1) is 0 Å².